The van der Waals surface area contributed by atoms with E-state index in [0.717, 1.165) is 23.4 Å². The monoisotopic (exact) mass is 495 g/mol. The highest BCUT2D eigenvalue weighted by Gasteiger charge is 2.33. The summed E-state index contributed by atoms with van der Waals surface area (Å²) in [6, 6.07) is 8.57. The topological polar surface area (TPSA) is 114 Å². The lowest BCUT2D eigenvalue weighted by atomic mass is 10.0. The predicted molar refractivity (Wildman–Crippen MR) is 123 cm³/mol. The number of hydrogen-bond donors (Lipinski definition) is 1. The van der Waals surface area contributed by atoms with Crippen molar-refractivity contribution in [2.75, 3.05) is 23.0 Å². The number of carbonyl (C=O) groups is 1. The van der Waals surface area contributed by atoms with Crippen LogP contribution in [0.3, 0.4) is 0 Å². The minimum absolute atomic E-state index is 0.0502. The molecule has 0 aliphatic heterocycles. The molecule has 1 aliphatic rings. The van der Waals surface area contributed by atoms with Crippen molar-refractivity contribution in [3.8, 4) is 11.3 Å². The smallest absolute Gasteiger partial charge is 0.342 e. The average molecular weight is 496 g/mol. The zero-order valence-electron chi connectivity index (χ0n) is 17.9. The van der Waals surface area contributed by atoms with E-state index in [-0.39, 0.29) is 35.1 Å². The molecule has 1 saturated carbocycles. The molecule has 1 aromatic heterocycles. The van der Waals surface area contributed by atoms with Gasteiger partial charge in [0, 0.05) is 23.3 Å². The Morgan fingerprint density at radius 1 is 1.27 bits per heavy atom. The van der Waals surface area contributed by atoms with Crippen molar-refractivity contribution in [1.29, 1.82) is 0 Å². The van der Waals surface area contributed by atoms with Crippen LogP contribution in [0.5, 0.6) is 0 Å². The Balaban J connectivity index is 1.98. The van der Waals surface area contributed by atoms with Crippen LogP contribution in [0.2, 0.25) is 0 Å². The lowest BCUT2D eigenvalue weighted by molar-refractivity contribution is 0.0528. The number of anilines is 1. The number of nitrogens with zero attached hydrogens (tertiary/aromatic N) is 1. The third kappa shape index (κ3) is 4.94. The fourth-order valence-corrected chi connectivity index (χ4v) is 5.54. The van der Waals surface area contributed by atoms with Crippen LogP contribution >= 0.6 is 0 Å². The molecule has 0 bridgehead atoms. The normalized spacial score (nSPS) is 14.9. The van der Waals surface area contributed by atoms with Crippen LogP contribution in [-0.2, 0) is 25.8 Å². The summed E-state index contributed by atoms with van der Waals surface area (Å²) in [5, 5.41) is 0.432. The van der Waals surface area contributed by atoms with Gasteiger partial charge in [-0.3, -0.25) is 8.86 Å². The van der Waals surface area contributed by atoms with Crippen molar-refractivity contribution in [1.82, 2.24) is 0 Å². The first-order valence-electron chi connectivity index (χ1n) is 10.2. The number of hydrogen-bond acceptors (Lipinski definition) is 6. The molecule has 4 rings (SSSR count). The summed E-state index contributed by atoms with van der Waals surface area (Å²) in [7, 11) is -3.63. The van der Waals surface area contributed by atoms with Crippen molar-refractivity contribution in [3.05, 3.63) is 53.3 Å². The SMILES string of the molecule is CCOC(=O)c1c(-c2ccc(F)cc2)oc2cc(N(CS(C)(=O)=O)S(=O)O)c(C3CC3)cc12. The Bertz CT molecular complexity index is 1350. The van der Waals surface area contributed by atoms with E-state index in [9.17, 15) is 26.4 Å². The van der Waals surface area contributed by atoms with Crippen LogP contribution in [0.4, 0.5) is 10.1 Å². The molecule has 1 aliphatic carbocycles. The summed E-state index contributed by atoms with van der Waals surface area (Å²) in [5.74, 6) is -1.52. The minimum Gasteiger partial charge on any atom is -0.462 e. The van der Waals surface area contributed by atoms with Gasteiger partial charge in [0.05, 0.1) is 12.3 Å². The molecule has 1 unspecified atom stereocenters. The highest BCUT2D eigenvalue weighted by atomic mass is 32.2. The van der Waals surface area contributed by atoms with Crippen LogP contribution in [0, 0.1) is 5.82 Å². The third-order valence-electron chi connectivity index (χ3n) is 5.25. The van der Waals surface area contributed by atoms with Crippen molar-refractivity contribution in [2.45, 2.75) is 25.7 Å². The Kier molecular flexibility index (Phi) is 6.30. The van der Waals surface area contributed by atoms with Gasteiger partial charge in [0.1, 0.15) is 28.6 Å². The second-order valence-electron chi connectivity index (χ2n) is 7.88. The maximum Gasteiger partial charge on any atom is 0.342 e. The minimum atomic E-state index is -3.63. The molecule has 11 heteroatoms. The number of esters is 1. The molecule has 1 fully saturated rings. The molecule has 1 atom stereocenters. The number of carbonyl (C=O) groups excluding carboxylic acids is 1. The number of sulfone groups is 1. The van der Waals surface area contributed by atoms with E-state index in [4.69, 9.17) is 9.15 Å². The number of furan rings is 1. The van der Waals surface area contributed by atoms with Gasteiger partial charge in [-0.25, -0.2) is 21.8 Å². The van der Waals surface area contributed by atoms with E-state index >= 15 is 0 Å². The first kappa shape index (κ1) is 23.4. The molecular weight excluding hydrogens is 473 g/mol. The molecule has 1 heterocycles. The fourth-order valence-electron chi connectivity index (χ4n) is 3.71. The highest BCUT2D eigenvalue weighted by molar-refractivity contribution is 7.92. The van der Waals surface area contributed by atoms with Gasteiger partial charge in [0.25, 0.3) is 11.3 Å². The Morgan fingerprint density at radius 3 is 2.48 bits per heavy atom. The molecule has 0 spiro atoms. The summed E-state index contributed by atoms with van der Waals surface area (Å²) < 4.78 is 71.3. The van der Waals surface area contributed by atoms with E-state index < -0.39 is 38.8 Å². The van der Waals surface area contributed by atoms with Crippen LogP contribution in [0.15, 0.2) is 40.8 Å². The first-order valence-corrected chi connectivity index (χ1v) is 13.3. The molecule has 0 radical (unpaired) electrons. The summed E-state index contributed by atoms with van der Waals surface area (Å²) in [4.78, 5) is 12.9. The van der Waals surface area contributed by atoms with Gasteiger partial charge in [-0.1, -0.05) is 0 Å². The summed E-state index contributed by atoms with van der Waals surface area (Å²) in [6.07, 6.45) is 2.61. The van der Waals surface area contributed by atoms with Gasteiger partial charge in [-0.15, -0.1) is 0 Å². The van der Waals surface area contributed by atoms with Crippen LogP contribution in [-0.4, -0.2) is 41.9 Å². The van der Waals surface area contributed by atoms with E-state index in [2.05, 4.69) is 0 Å². The van der Waals surface area contributed by atoms with E-state index in [1.807, 2.05) is 0 Å². The van der Waals surface area contributed by atoms with Gasteiger partial charge in [0.2, 0.25) is 0 Å². The van der Waals surface area contributed by atoms with Crippen molar-refractivity contribution in [2.24, 2.45) is 0 Å². The molecule has 3 aromatic rings. The van der Waals surface area contributed by atoms with Crippen LogP contribution in [0.1, 0.15) is 41.6 Å². The molecule has 33 heavy (non-hydrogen) atoms. The van der Waals surface area contributed by atoms with E-state index in [1.165, 1.54) is 30.3 Å². The number of halogens is 1. The number of ether oxygens (including phenoxy) is 1. The average Bonchev–Trinajstić information content (AvgIpc) is 3.51. The second-order valence-corrected chi connectivity index (χ2v) is 10.9. The maximum atomic E-state index is 13.5. The lowest BCUT2D eigenvalue weighted by Crippen LogP contribution is -2.31. The number of rotatable bonds is 8. The second kappa shape index (κ2) is 8.88. The first-order chi connectivity index (χ1) is 15.6. The van der Waals surface area contributed by atoms with Crippen molar-refractivity contribution < 1.29 is 35.5 Å². The van der Waals surface area contributed by atoms with Crippen molar-refractivity contribution in [3.63, 3.8) is 0 Å². The fraction of sp³-hybridized carbons (Fsp3) is 0.318. The molecular formula is C22H22FNO7S2. The maximum absolute atomic E-state index is 13.5. The number of benzene rings is 2. The van der Waals surface area contributed by atoms with Gasteiger partial charge in [-0.05, 0) is 61.6 Å². The largest absolute Gasteiger partial charge is 0.462 e. The Morgan fingerprint density at radius 2 is 1.94 bits per heavy atom. The van der Waals surface area contributed by atoms with Gasteiger partial charge in [0.15, 0.2) is 9.84 Å². The van der Waals surface area contributed by atoms with Gasteiger partial charge < -0.3 is 9.15 Å². The predicted octanol–water partition coefficient (Wildman–Crippen LogP) is 4.24. The quantitative estimate of drug-likeness (QED) is 0.367. The molecule has 8 nitrogen and oxygen atoms in total. The molecule has 0 amide bonds. The van der Waals surface area contributed by atoms with Crippen molar-refractivity contribution >= 4 is 43.7 Å². The Labute approximate surface area is 192 Å². The molecule has 0 saturated heterocycles. The van der Waals surface area contributed by atoms with Crippen LogP contribution < -0.4 is 4.31 Å². The van der Waals surface area contributed by atoms with Crippen LogP contribution in [0.25, 0.3) is 22.3 Å². The van der Waals surface area contributed by atoms with E-state index in [1.54, 1.807) is 13.0 Å². The standard InChI is InChI=1S/C22H22FNO7S2/c1-3-30-22(25)20-17-10-16(13-4-5-13)18(24(32(26)27)12-33(2,28)29)11-19(17)31-21(20)14-6-8-15(23)9-7-14/h6-11,13H,3-5,12H2,1-2H3,(H,26,27). The summed E-state index contributed by atoms with van der Waals surface area (Å²) >= 11 is -2.61. The number of fused-ring (bicyclic) bond motifs is 1. The summed E-state index contributed by atoms with van der Waals surface area (Å²) in [6.45, 7) is 1.80. The molecule has 176 valence electrons. The molecule has 2 aromatic carbocycles. The van der Waals surface area contributed by atoms with E-state index in [0.29, 0.717) is 16.5 Å². The Hall–Kier alpha value is -2.76. The van der Waals surface area contributed by atoms with Gasteiger partial charge in [-0.2, -0.15) is 0 Å². The molecule has 1 N–H and O–H groups in total. The van der Waals surface area contributed by atoms with Gasteiger partial charge >= 0.3 is 5.97 Å². The zero-order valence-corrected chi connectivity index (χ0v) is 19.5. The lowest BCUT2D eigenvalue weighted by Gasteiger charge is -2.22. The third-order valence-corrected chi connectivity index (χ3v) is 6.84. The highest BCUT2D eigenvalue weighted by Crippen LogP contribution is 2.48. The zero-order chi connectivity index (χ0) is 23.9. The summed E-state index contributed by atoms with van der Waals surface area (Å²) in [5.41, 5.74) is 1.70.